The normalized spacial score (nSPS) is 11.3. The van der Waals surface area contributed by atoms with E-state index in [1.807, 2.05) is 73.7 Å². The topological polar surface area (TPSA) is 102 Å². The molecule has 0 unspecified atom stereocenters. The smallest absolute Gasteiger partial charge is 0.311 e. The van der Waals surface area contributed by atoms with Crippen molar-refractivity contribution < 1.29 is 14.4 Å². The zero-order chi connectivity index (χ0) is 24.4. The number of rotatable bonds is 6. The molecule has 0 aliphatic heterocycles. The van der Waals surface area contributed by atoms with Crippen LogP contribution in [0, 0.1) is 17.0 Å². The maximum absolute atomic E-state index is 11.5. The van der Waals surface area contributed by atoms with E-state index in [0.717, 1.165) is 22.2 Å². The molecule has 5 aromatic rings. The van der Waals surface area contributed by atoms with Crippen LogP contribution < -0.4 is 0 Å². The lowest BCUT2D eigenvalue weighted by Crippen LogP contribution is -1.97. The molecule has 1 aromatic heterocycles. The molecule has 0 saturated heterocycles. The van der Waals surface area contributed by atoms with E-state index < -0.39 is 10.7 Å². The molecule has 7 heteroatoms. The molecule has 0 fully saturated rings. The molecular formula is C28H21N3O4. The Kier molecular flexibility index (Phi) is 5.81. The van der Waals surface area contributed by atoms with Crippen LogP contribution in [0.2, 0.25) is 0 Å². The van der Waals surface area contributed by atoms with E-state index in [2.05, 4.69) is 9.98 Å². The predicted molar refractivity (Wildman–Crippen MR) is 135 cm³/mol. The van der Waals surface area contributed by atoms with Gasteiger partial charge in [0.15, 0.2) is 5.58 Å². The van der Waals surface area contributed by atoms with Crippen LogP contribution in [0.25, 0.3) is 22.6 Å². The molecule has 35 heavy (non-hydrogen) atoms. The van der Waals surface area contributed by atoms with Gasteiger partial charge in [-0.1, -0.05) is 42.5 Å². The van der Waals surface area contributed by atoms with E-state index in [0.29, 0.717) is 29.1 Å². The van der Waals surface area contributed by atoms with E-state index in [1.165, 1.54) is 12.3 Å². The maximum atomic E-state index is 11.5. The number of nitrogens with zero attached hydrogens (tertiary/aromatic N) is 3. The average molecular weight is 463 g/mol. The van der Waals surface area contributed by atoms with E-state index in [1.54, 1.807) is 12.1 Å². The third-order valence-electron chi connectivity index (χ3n) is 5.62. The number of phenolic OH excluding ortho intramolecular Hbond substituents is 1. The van der Waals surface area contributed by atoms with Crippen LogP contribution in [0.5, 0.6) is 5.75 Å². The summed E-state index contributed by atoms with van der Waals surface area (Å²) in [5.41, 5.74) is 5.56. The van der Waals surface area contributed by atoms with Gasteiger partial charge in [0, 0.05) is 23.4 Å². The van der Waals surface area contributed by atoms with Crippen molar-refractivity contribution in [3.8, 4) is 17.2 Å². The number of aromatic hydroxyl groups is 1. The molecule has 0 atom stereocenters. The lowest BCUT2D eigenvalue weighted by atomic mass is 10.0. The maximum Gasteiger partial charge on any atom is 0.311 e. The summed E-state index contributed by atoms with van der Waals surface area (Å²) in [6.07, 6.45) is 1.93. The Bertz CT molecular complexity index is 1570. The summed E-state index contributed by atoms with van der Waals surface area (Å²) in [4.78, 5) is 20.0. The standard InChI is InChI=1S/C28H21N3O4/c1-18-10-11-26-24(12-18)30-28(35-26)21-8-5-9-23(16-21)29-17-22-14-20(13-19-6-3-2-4-7-19)15-25(27(22)32)31(33)34/h2-12,14-17,32H,13H2,1H3. The molecule has 0 aliphatic rings. The van der Waals surface area contributed by atoms with Gasteiger partial charge in [-0.05, 0) is 66.4 Å². The minimum atomic E-state index is -0.587. The van der Waals surface area contributed by atoms with E-state index in [4.69, 9.17) is 4.42 Å². The van der Waals surface area contributed by atoms with Crippen LogP contribution in [0.3, 0.4) is 0 Å². The van der Waals surface area contributed by atoms with Gasteiger partial charge in [-0.2, -0.15) is 0 Å². The second-order valence-corrected chi connectivity index (χ2v) is 8.27. The summed E-state index contributed by atoms with van der Waals surface area (Å²) < 4.78 is 5.88. The van der Waals surface area contributed by atoms with Crippen molar-refractivity contribution in [2.45, 2.75) is 13.3 Å². The Balaban J connectivity index is 1.47. The number of hydrogen-bond donors (Lipinski definition) is 1. The molecule has 0 saturated carbocycles. The van der Waals surface area contributed by atoms with Gasteiger partial charge >= 0.3 is 5.69 Å². The quantitative estimate of drug-likeness (QED) is 0.170. The van der Waals surface area contributed by atoms with Crippen LogP contribution in [0.1, 0.15) is 22.3 Å². The zero-order valence-electron chi connectivity index (χ0n) is 18.9. The predicted octanol–water partition coefficient (Wildman–Crippen LogP) is 6.76. The Morgan fingerprint density at radius 1 is 1.00 bits per heavy atom. The lowest BCUT2D eigenvalue weighted by molar-refractivity contribution is -0.385. The van der Waals surface area contributed by atoms with Gasteiger partial charge in [-0.15, -0.1) is 0 Å². The summed E-state index contributed by atoms with van der Waals surface area (Å²) in [5, 5.41) is 22.0. The number of aliphatic imine (C=N–C) groups is 1. The Hall–Kier alpha value is -4.78. The third-order valence-corrected chi connectivity index (χ3v) is 5.62. The number of nitro groups is 1. The van der Waals surface area contributed by atoms with Gasteiger partial charge < -0.3 is 9.52 Å². The monoisotopic (exact) mass is 463 g/mol. The molecule has 172 valence electrons. The average Bonchev–Trinajstić information content (AvgIpc) is 3.28. The molecule has 7 nitrogen and oxygen atoms in total. The number of aryl methyl sites for hydroxylation is 1. The molecule has 1 N–H and O–H groups in total. The van der Waals surface area contributed by atoms with E-state index in [9.17, 15) is 15.2 Å². The fourth-order valence-corrected chi connectivity index (χ4v) is 3.90. The number of nitro benzene ring substituents is 1. The second-order valence-electron chi connectivity index (χ2n) is 8.27. The fraction of sp³-hybridized carbons (Fsp3) is 0.0714. The lowest BCUT2D eigenvalue weighted by Gasteiger charge is -2.06. The van der Waals surface area contributed by atoms with Crippen molar-refractivity contribution in [1.29, 1.82) is 0 Å². The van der Waals surface area contributed by atoms with Crippen molar-refractivity contribution in [2.24, 2.45) is 4.99 Å². The first-order valence-electron chi connectivity index (χ1n) is 11.0. The van der Waals surface area contributed by atoms with E-state index >= 15 is 0 Å². The number of benzene rings is 4. The van der Waals surface area contributed by atoms with Crippen LogP contribution in [0.15, 0.2) is 94.3 Å². The van der Waals surface area contributed by atoms with Crippen LogP contribution >= 0.6 is 0 Å². The molecule has 0 bridgehead atoms. The van der Waals surface area contributed by atoms with Gasteiger partial charge in [0.25, 0.3) is 0 Å². The summed E-state index contributed by atoms with van der Waals surface area (Å²) in [7, 11) is 0. The van der Waals surface area contributed by atoms with Gasteiger partial charge in [0.2, 0.25) is 11.6 Å². The van der Waals surface area contributed by atoms with Crippen molar-refractivity contribution in [2.75, 3.05) is 0 Å². The van der Waals surface area contributed by atoms with E-state index in [-0.39, 0.29) is 11.3 Å². The highest BCUT2D eigenvalue weighted by Crippen LogP contribution is 2.32. The van der Waals surface area contributed by atoms with Crippen LogP contribution in [0.4, 0.5) is 11.4 Å². The summed E-state index contributed by atoms with van der Waals surface area (Å²) in [6, 6.07) is 25.9. The van der Waals surface area contributed by atoms with Gasteiger partial charge in [-0.25, -0.2) is 4.98 Å². The molecule has 0 radical (unpaired) electrons. The van der Waals surface area contributed by atoms with Gasteiger partial charge in [0.1, 0.15) is 5.52 Å². The van der Waals surface area contributed by atoms with Crippen molar-refractivity contribution in [1.82, 2.24) is 4.98 Å². The summed E-state index contributed by atoms with van der Waals surface area (Å²) in [6.45, 7) is 2.00. The van der Waals surface area contributed by atoms with Crippen molar-refractivity contribution in [3.05, 3.63) is 117 Å². The fourth-order valence-electron chi connectivity index (χ4n) is 3.90. The first-order chi connectivity index (χ1) is 17.0. The van der Waals surface area contributed by atoms with Crippen LogP contribution in [-0.4, -0.2) is 21.2 Å². The molecule has 1 heterocycles. The number of fused-ring (bicyclic) bond motifs is 1. The molecule has 0 aliphatic carbocycles. The van der Waals surface area contributed by atoms with Crippen LogP contribution in [-0.2, 0) is 6.42 Å². The first kappa shape index (κ1) is 22.0. The summed E-state index contributed by atoms with van der Waals surface area (Å²) in [5.74, 6) is 0.0621. The highest BCUT2D eigenvalue weighted by atomic mass is 16.6. The molecule has 0 amide bonds. The van der Waals surface area contributed by atoms with Crippen molar-refractivity contribution in [3.63, 3.8) is 0 Å². The number of phenols is 1. The number of hydrogen-bond acceptors (Lipinski definition) is 6. The third kappa shape index (κ3) is 4.79. The molecule has 5 rings (SSSR count). The van der Waals surface area contributed by atoms with Crippen molar-refractivity contribution >= 4 is 28.7 Å². The van der Waals surface area contributed by atoms with Gasteiger partial charge in [-0.3, -0.25) is 15.1 Å². The second kappa shape index (κ2) is 9.23. The minimum Gasteiger partial charge on any atom is -0.502 e. The molecular weight excluding hydrogens is 442 g/mol. The summed E-state index contributed by atoms with van der Waals surface area (Å²) >= 11 is 0. The SMILES string of the molecule is Cc1ccc2oc(-c3cccc(N=Cc4cc(Cc5ccccc5)cc([N+](=O)[O-])c4O)c3)nc2c1. The Morgan fingerprint density at radius 2 is 1.83 bits per heavy atom. The minimum absolute atomic E-state index is 0.271. The number of aromatic nitrogens is 1. The highest BCUT2D eigenvalue weighted by Gasteiger charge is 2.18. The zero-order valence-corrected chi connectivity index (χ0v) is 18.9. The largest absolute Gasteiger partial charge is 0.502 e. The Labute approximate surface area is 201 Å². The highest BCUT2D eigenvalue weighted by molar-refractivity contribution is 5.88. The molecule has 0 spiro atoms. The molecule has 4 aromatic carbocycles. The number of oxazole rings is 1. The van der Waals surface area contributed by atoms with Gasteiger partial charge in [0.05, 0.1) is 10.6 Å². The first-order valence-corrected chi connectivity index (χ1v) is 11.0. The Morgan fingerprint density at radius 3 is 2.63 bits per heavy atom.